The van der Waals surface area contributed by atoms with Crippen molar-refractivity contribution in [2.45, 2.75) is 24.5 Å². The van der Waals surface area contributed by atoms with E-state index in [9.17, 15) is 9.18 Å². The number of nitrogens with one attached hydrogen (secondary N) is 1. The average Bonchev–Trinajstić information content (AvgIpc) is 3.15. The molecule has 0 aliphatic heterocycles. The highest BCUT2D eigenvalue weighted by atomic mass is 32.2. The number of thioether (sulfide) groups is 1. The van der Waals surface area contributed by atoms with Gasteiger partial charge >= 0.3 is 0 Å². The van der Waals surface area contributed by atoms with Gasteiger partial charge in [-0.3, -0.25) is 4.79 Å². The maximum absolute atomic E-state index is 13.0. The van der Waals surface area contributed by atoms with Gasteiger partial charge in [-0.15, -0.1) is 11.8 Å². The van der Waals surface area contributed by atoms with Crippen LogP contribution >= 0.6 is 11.8 Å². The molecule has 0 aliphatic rings. The fourth-order valence-electron chi connectivity index (χ4n) is 2.97. The summed E-state index contributed by atoms with van der Waals surface area (Å²) in [5.74, 6) is 1.42. The molecule has 1 amide bonds. The lowest BCUT2D eigenvalue weighted by molar-refractivity contribution is 0.102. The highest BCUT2D eigenvalue weighted by Gasteiger charge is 2.13. The summed E-state index contributed by atoms with van der Waals surface area (Å²) in [6.45, 7) is 3.98. The van der Waals surface area contributed by atoms with E-state index in [-0.39, 0.29) is 11.7 Å². The van der Waals surface area contributed by atoms with Crippen LogP contribution in [0.3, 0.4) is 0 Å². The van der Waals surface area contributed by atoms with Gasteiger partial charge in [-0.05, 0) is 74.5 Å². The molecule has 0 radical (unpaired) electrons. The SMILES string of the molecule is Cc1ccc(SCc2nc(-c3ccc(C(=O)Nc4ccc(F)cc4)cc3)oc2C)cc1. The lowest BCUT2D eigenvalue weighted by Gasteiger charge is -2.05. The summed E-state index contributed by atoms with van der Waals surface area (Å²) in [5, 5.41) is 2.75. The lowest BCUT2D eigenvalue weighted by atomic mass is 10.1. The van der Waals surface area contributed by atoms with Gasteiger partial charge in [0, 0.05) is 27.5 Å². The van der Waals surface area contributed by atoms with Crippen molar-refractivity contribution < 1.29 is 13.6 Å². The number of anilines is 1. The number of hydrogen-bond donors (Lipinski definition) is 1. The molecule has 0 aliphatic carbocycles. The number of carbonyl (C=O) groups is 1. The summed E-state index contributed by atoms with van der Waals surface area (Å²) < 4.78 is 18.9. The third kappa shape index (κ3) is 5.22. The van der Waals surface area contributed by atoms with Gasteiger partial charge in [0.15, 0.2) is 0 Å². The predicted octanol–water partition coefficient (Wildman–Crippen LogP) is 6.64. The van der Waals surface area contributed by atoms with Crippen LogP contribution in [0.2, 0.25) is 0 Å². The Hall–Kier alpha value is -3.38. The maximum Gasteiger partial charge on any atom is 0.255 e. The Morgan fingerprint density at radius 1 is 0.968 bits per heavy atom. The molecule has 1 aromatic heterocycles. The van der Waals surface area contributed by atoms with E-state index in [1.165, 1.54) is 34.7 Å². The number of amides is 1. The molecule has 0 fully saturated rings. The fraction of sp³-hybridized carbons (Fsp3) is 0.120. The van der Waals surface area contributed by atoms with E-state index in [0.29, 0.717) is 17.1 Å². The van der Waals surface area contributed by atoms with Gasteiger partial charge in [-0.25, -0.2) is 9.37 Å². The van der Waals surface area contributed by atoms with Crippen LogP contribution in [0.1, 0.15) is 27.4 Å². The first-order valence-electron chi connectivity index (χ1n) is 9.81. The molecule has 0 saturated carbocycles. The second-order valence-electron chi connectivity index (χ2n) is 7.16. The van der Waals surface area contributed by atoms with E-state index in [2.05, 4.69) is 41.5 Å². The summed E-state index contributed by atoms with van der Waals surface area (Å²) in [6.07, 6.45) is 0. The van der Waals surface area contributed by atoms with Crippen molar-refractivity contribution in [3.05, 3.63) is 101 Å². The second-order valence-corrected chi connectivity index (χ2v) is 8.21. The Morgan fingerprint density at radius 3 is 2.32 bits per heavy atom. The molecule has 1 heterocycles. The van der Waals surface area contributed by atoms with E-state index in [1.807, 2.05) is 19.1 Å². The highest BCUT2D eigenvalue weighted by Crippen LogP contribution is 2.28. The van der Waals surface area contributed by atoms with Gasteiger partial charge < -0.3 is 9.73 Å². The molecule has 0 bridgehead atoms. The van der Waals surface area contributed by atoms with Gasteiger partial charge in [0.2, 0.25) is 5.89 Å². The van der Waals surface area contributed by atoms with Crippen molar-refractivity contribution in [2.24, 2.45) is 0 Å². The van der Waals surface area contributed by atoms with Crippen LogP contribution in [-0.4, -0.2) is 10.9 Å². The van der Waals surface area contributed by atoms with E-state index < -0.39 is 0 Å². The molecule has 6 heteroatoms. The molecule has 4 rings (SSSR count). The zero-order valence-corrected chi connectivity index (χ0v) is 18.0. The van der Waals surface area contributed by atoms with Crippen molar-refractivity contribution in [1.29, 1.82) is 0 Å². The minimum Gasteiger partial charge on any atom is -0.441 e. The fourth-order valence-corrected chi connectivity index (χ4v) is 3.87. The number of oxazole rings is 1. The smallest absolute Gasteiger partial charge is 0.255 e. The van der Waals surface area contributed by atoms with Gasteiger partial charge in [0.25, 0.3) is 5.91 Å². The van der Waals surface area contributed by atoms with Crippen molar-refractivity contribution in [3.8, 4) is 11.5 Å². The summed E-state index contributed by atoms with van der Waals surface area (Å²) in [7, 11) is 0. The molecule has 0 atom stereocenters. The minimum absolute atomic E-state index is 0.267. The Kier molecular flexibility index (Phi) is 6.18. The molecule has 31 heavy (non-hydrogen) atoms. The molecular formula is C25H21FN2O2S. The summed E-state index contributed by atoms with van der Waals surface area (Å²) in [6, 6.07) is 21.1. The molecule has 4 aromatic rings. The summed E-state index contributed by atoms with van der Waals surface area (Å²) in [5.41, 5.74) is 3.96. The van der Waals surface area contributed by atoms with Gasteiger partial charge in [-0.2, -0.15) is 0 Å². The minimum atomic E-state index is -0.347. The number of nitrogens with zero attached hydrogens (tertiary/aromatic N) is 1. The Balaban J connectivity index is 1.42. The van der Waals surface area contributed by atoms with E-state index in [0.717, 1.165) is 22.8 Å². The van der Waals surface area contributed by atoms with Gasteiger partial charge in [0.1, 0.15) is 11.6 Å². The number of halogens is 1. The quantitative estimate of drug-likeness (QED) is 0.347. The Labute approximate surface area is 184 Å². The van der Waals surface area contributed by atoms with Crippen molar-refractivity contribution >= 4 is 23.4 Å². The molecule has 0 unspecified atom stereocenters. The molecule has 3 aromatic carbocycles. The van der Waals surface area contributed by atoms with Gasteiger partial charge in [-0.1, -0.05) is 17.7 Å². The first kappa shape index (κ1) is 20.9. The predicted molar refractivity (Wildman–Crippen MR) is 122 cm³/mol. The van der Waals surface area contributed by atoms with Crippen LogP contribution in [0.4, 0.5) is 10.1 Å². The topological polar surface area (TPSA) is 55.1 Å². The molecule has 1 N–H and O–H groups in total. The first-order valence-corrected chi connectivity index (χ1v) is 10.8. The monoisotopic (exact) mass is 432 g/mol. The highest BCUT2D eigenvalue weighted by molar-refractivity contribution is 7.98. The molecule has 4 nitrogen and oxygen atoms in total. The maximum atomic E-state index is 13.0. The molecule has 0 saturated heterocycles. The number of hydrogen-bond acceptors (Lipinski definition) is 4. The molecule has 0 spiro atoms. The second kappa shape index (κ2) is 9.18. The van der Waals surface area contributed by atoms with E-state index >= 15 is 0 Å². The third-order valence-electron chi connectivity index (χ3n) is 4.79. The third-order valence-corrected chi connectivity index (χ3v) is 5.81. The van der Waals surface area contributed by atoms with Crippen molar-refractivity contribution in [1.82, 2.24) is 4.98 Å². The first-order chi connectivity index (χ1) is 15.0. The van der Waals surface area contributed by atoms with Crippen LogP contribution in [0.25, 0.3) is 11.5 Å². The average molecular weight is 433 g/mol. The lowest BCUT2D eigenvalue weighted by Crippen LogP contribution is -2.11. The Bertz CT molecular complexity index is 1180. The van der Waals surface area contributed by atoms with Crippen LogP contribution < -0.4 is 5.32 Å². The van der Waals surface area contributed by atoms with Crippen LogP contribution in [-0.2, 0) is 5.75 Å². The van der Waals surface area contributed by atoms with Crippen LogP contribution in [0.5, 0.6) is 0 Å². The zero-order chi connectivity index (χ0) is 21.8. The Morgan fingerprint density at radius 2 is 1.65 bits per heavy atom. The zero-order valence-electron chi connectivity index (χ0n) is 17.2. The molecule has 156 valence electrons. The van der Waals surface area contributed by atoms with Crippen molar-refractivity contribution in [2.75, 3.05) is 5.32 Å². The summed E-state index contributed by atoms with van der Waals surface area (Å²) >= 11 is 1.71. The number of rotatable bonds is 6. The molecular weight excluding hydrogens is 411 g/mol. The standard InChI is InChI=1S/C25H21FN2O2S/c1-16-3-13-22(14-4-16)31-15-23-17(2)30-25(28-23)19-7-5-18(6-8-19)24(29)27-21-11-9-20(26)10-12-21/h3-14H,15H2,1-2H3,(H,27,29). The number of carbonyl (C=O) groups excluding carboxylic acids is 1. The van der Waals surface area contributed by atoms with E-state index in [4.69, 9.17) is 4.42 Å². The number of benzene rings is 3. The normalized spacial score (nSPS) is 10.8. The van der Waals surface area contributed by atoms with Crippen LogP contribution in [0, 0.1) is 19.7 Å². The number of aryl methyl sites for hydroxylation is 2. The van der Waals surface area contributed by atoms with Crippen LogP contribution in [0.15, 0.2) is 82.1 Å². The van der Waals surface area contributed by atoms with E-state index in [1.54, 1.807) is 23.9 Å². The summed E-state index contributed by atoms with van der Waals surface area (Å²) in [4.78, 5) is 18.2. The number of aromatic nitrogens is 1. The van der Waals surface area contributed by atoms with Crippen molar-refractivity contribution in [3.63, 3.8) is 0 Å². The largest absolute Gasteiger partial charge is 0.441 e. The van der Waals surface area contributed by atoms with Gasteiger partial charge in [0.05, 0.1) is 5.69 Å².